The Morgan fingerprint density at radius 1 is 1.32 bits per heavy atom. The number of amides is 1. The Balaban J connectivity index is 1.50. The predicted octanol–water partition coefficient (Wildman–Crippen LogP) is 1.69. The van der Waals surface area contributed by atoms with Crippen molar-refractivity contribution in [2.75, 3.05) is 13.7 Å². The van der Waals surface area contributed by atoms with E-state index in [0.717, 1.165) is 24.3 Å². The van der Waals surface area contributed by atoms with Crippen molar-refractivity contribution in [3.63, 3.8) is 0 Å². The van der Waals surface area contributed by atoms with E-state index in [2.05, 4.69) is 15.5 Å². The quantitative estimate of drug-likeness (QED) is 0.701. The summed E-state index contributed by atoms with van der Waals surface area (Å²) in [6.07, 6.45) is 3.42. The molecule has 3 heterocycles. The third-order valence-corrected chi connectivity index (χ3v) is 3.25. The van der Waals surface area contributed by atoms with Crippen molar-refractivity contribution < 1.29 is 13.9 Å². The lowest BCUT2D eigenvalue weighted by molar-refractivity contribution is 0.0919. The zero-order chi connectivity index (χ0) is 15.4. The Hall–Kier alpha value is -2.83. The molecule has 7 nitrogen and oxygen atoms in total. The molecular weight excluding hydrogens is 284 g/mol. The van der Waals surface area contributed by atoms with E-state index in [4.69, 9.17) is 9.15 Å². The molecular formula is C15H16N4O3. The minimum atomic E-state index is -0.255. The molecule has 0 atom stereocenters. The fraction of sp³-hybridized carbons (Fsp3) is 0.267. The molecule has 22 heavy (non-hydrogen) atoms. The summed E-state index contributed by atoms with van der Waals surface area (Å²) < 4.78 is 12.0. The summed E-state index contributed by atoms with van der Waals surface area (Å²) in [6.45, 7) is 0.531. The van der Waals surface area contributed by atoms with Crippen LogP contribution in [0.15, 0.2) is 40.9 Å². The van der Waals surface area contributed by atoms with Gasteiger partial charge in [0.25, 0.3) is 11.9 Å². The van der Waals surface area contributed by atoms with Gasteiger partial charge in [-0.2, -0.15) is 0 Å². The summed E-state index contributed by atoms with van der Waals surface area (Å²) in [5, 5.41) is 11.0. The van der Waals surface area contributed by atoms with Gasteiger partial charge in [-0.1, -0.05) is 6.07 Å². The van der Waals surface area contributed by atoms with Crippen LogP contribution >= 0.6 is 0 Å². The molecule has 0 aliphatic carbocycles. The maximum Gasteiger partial charge on any atom is 0.287 e. The maximum absolute atomic E-state index is 11.9. The average Bonchev–Trinajstić information content (AvgIpc) is 3.18. The second-order valence-corrected chi connectivity index (χ2v) is 4.73. The van der Waals surface area contributed by atoms with Crippen LogP contribution in [0.3, 0.4) is 0 Å². The number of nitrogens with zero attached hydrogens (tertiary/aromatic N) is 3. The van der Waals surface area contributed by atoms with Gasteiger partial charge in [0, 0.05) is 25.2 Å². The number of furan rings is 1. The first-order valence-corrected chi connectivity index (χ1v) is 6.98. The number of aromatic nitrogens is 3. The highest BCUT2D eigenvalue weighted by Gasteiger charge is 2.11. The molecule has 1 amide bonds. The molecule has 0 aliphatic heterocycles. The summed E-state index contributed by atoms with van der Waals surface area (Å²) in [7, 11) is 1.49. The molecule has 0 radical (unpaired) electrons. The lowest BCUT2D eigenvalue weighted by Gasteiger charge is -2.03. The molecule has 0 spiro atoms. The van der Waals surface area contributed by atoms with Gasteiger partial charge >= 0.3 is 0 Å². The van der Waals surface area contributed by atoms with E-state index in [0.29, 0.717) is 12.5 Å². The van der Waals surface area contributed by atoms with E-state index in [1.807, 2.05) is 28.8 Å². The molecule has 0 aromatic carbocycles. The number of fused-ring (bicyclic) bond motifs is 1. The monoisotopic (exact) mass is 300 g/mol. The highest BCUT2D eigenvalue weighted by atomic mass is 16.6. The van der Waals surface area contributed by atoms with E-state index in [-0.39, 0.29) is 11.7 Å². The Bertz CT molecular complexity index is 778. The van der Waals surface area contributed by atoms with Crippen molar-refractivity contribution in [3.8, 4) is 5.95 Å². The van der Waals surface area contributed by atoms with Crippen molar-refractivity contribution in [2.45, 2.75) is 12.8 Å². The number of ether oxygens (including phenoxy) is 1. The summed E-state index contributed by atoms with van der Waals surface area (Å²) in [4.78, 5) is 11.9. The van der Waals surface area contributed by atoms with Crippen LogP contribution in [0.4, 0.5) is 0 Å². The molecule has 114 valence electrons. The molecule has 3 aromatic heterocycles. The van der Waals surface area contributed by atoms with Crippen molar-refractivity contribution in [1.82, 2.24) is 19.9 Å². The van der Waals surface area contributed by atoms with Gasteiger partial charge in [-0.15, -0.1) is 10.2 Å². The molecule has 3 rings (SSSR count). The number of hydrogen-bond donors (Lipinski definition) is 1. The minimum absolute atomic E-state index is 0.241. The van der Waals surface area contributed by atoms with E-state index >= 15 is 0 Å². The van der Waals surface area contributed by atoms with Crippen LogP contribution < -0.4 is 10.1 Å². The summed E-state index contributed by atoms with van der Waals surface area (Å²) in [6, 6.07) is 8.96. The van der Waals surface area contributed by atoms with E-state index in [1.165, 1.54) is 7.11 Å². The van der Waals surface area contributed by atoms with Crippen LogP contribution in [-0.2, 0) is 6.42 Å². The standard InChI is InChI=1S/C15H16N4O3/c1-21-14-8-7-11(22-14)15(20)16-9-4-6-13-18-17-12-5-2-3-10-19(12)13/h2-3,5,7-8,10H,4,6,9H2,1H3,(H,16,20). The van der Waals surface area contributed by atoms with E-state index < -0.39 is 0 Å². The molecule has 1 N–H and O–H groups in total. The lowest BCUT2D eigenvalue weighted by Crippen LogP contribution is -2.24. The third-order valence-electron chi connectivity index (χ3n) is 3.25. The summed E-state index contributed by atoms with van der Waals surface area (Å²) in [5.74, 6) is 1.18. The van der Waals surface area contributed by atoms with Crippen LogP contribution in [0.5, 0.6) is 5.95 Å². The molecule has 0 unspecified atom stereocenters. The smallest absolute Gasteiger partial charge is 0.287 e. The van der Waals surface area contributed by atoms with Gasteiger partial charge in [-0.3, -0.25) is 9.20 Å². The van der Waals surface area contributed by atoms with Gasteiger partial charge in [0.2, 0.25) is 0 Å². The fourth-order valence-corrected chi connectivity index (χ4v) is 2.15. The molecule has 0 aliphatic rings. The van der Waals surface area contributed by atoms with Crippen molar-refractivity contribution >= 4 is 11.6 Å². The fourth-order valence-electron chi connectivity index (χ4n) is 2.15. The first-order valence-electron chi connectivity index (χ1n) is 6.98. The topological polar surface area (TPSA) is 81.7 Å². The zero-order valence-electron chi connectivity index (χ0n) is 12.2. The van der Waals surface area contributed by atoms with Gasteiger partial charge in [0.1, 0.15) is 5.82 Å². The molecule has 0 fully saturated rings. The second-order valence-electron chi connectivity index (χ2n) is 4.73. The second kappa shape index (κ2) is 6.30. The number of nitrogens with one attached hydrogen (secondary N) is 1. The summed E-state index contributed by atoms with van der Waals surface area (Å²) >= 11 is 0. The Morgan fingerprint density at radius 2 is 2.23 bits per heavy atom. The van der Waals surface area contributed by atoms with Gasteiger partial charge in [0.15, 0.2) is 11.4 Å². The third kappa shape index (κ3) is 2.93. The van der Waals surface area contributed by atoms with E-state index in [9.17, 15) is 4.79 Å². The normalized spacial score (nSPS) is 10.8. The maximum atomic E-state index is 11.9. The lowest BCUT2D eigenvalue weighted by atomic mass is 10.3. The number of carbonyl (C=O) groups is 1. The van der Waals surface area contributed by atoms with Gasteiger partial charge in [0.05, 0.1) is 7.11 Å². The van der Waals surface area contributed by atoms with Crippen molar-refractivity contribution in [3.05, 3.63) is 48.1 Å². The number of carbonyl (C=O) groups excluding carboxylic acids is 1. The Kier molecular flexibility index (Phi) is 4.04. The highest BCUT2D eigenvalue weighted by molar-refractivity contribution is 5.91. The number of hydrogen-bond acceptors (Lipinski definition) is 5. The average molecular weight is 300 g/mol. The molecule has 0 bridgehead atoms. The Morgan fingerprint density at radius 3 is 3.05 bits per heavy atom. The van der Waals surface area contributed by atoms with Crippen molar-refractivity contribution in [2.24, 2.45) is 0 Å². The van der Waals surface area contributed by atoms with Crippen LogP contribution in [0.2, 0.25) is 0 Å². The van der Waals surface area contributed by atoms with Crippen LogP contribution in [0.1, 0.15) is 22.8 Å². The first kappa shape index (κ1) is 14.1. The van der Waals surface area contributed by atoms with Gasteiger partial charge < -0.3 is 14.5 Å². The number of rotatable bonds is 6. The molecule has 0 saturated heterocycles. The van der Waals surface area contributed by atoms with Gasteiger partial charge in [-0.05, 0) is 24.6 Å². The molecule has 3 aromatic rings. The molecule has 0 saturated carbocycles. The van der Waals surface area contributed by atoms with Gasteiger partial charge in [-0.25, -0.2) is 0 Å². The minimum Gasteiger partial charge on any atom is -0.468 e. The highest BCUT2D eigenvalue weighted by Crippen LogP contribution is 2.14. The van der Waals surface area contributed by atoms with Crippen LogP contribution in [-0.4, -0.2) is 34.2 Å². The van der Waals surface area contributed by atoms with Crippen LogP contribution in [0, 0.1) is 0 Å². The van der Waals surface area contributed by atoms with E-state index in [1.54, 1.807) is 12.1 Å². The Labute approximate surface area is 126 Å². The largest absolute Gasteiger partial charge is 0.468 e. The number of methoxy groups -OCH3 is 1. The number of aryl methyl sites for hydroxylation is 1. The van der Waals surface area contributed by atoms with Crippen LogP contribution in [0.25, 0.3) is 5.65 Å². The molecule has 7 heteroatoms. The number of pyridine rings is 1. The zero-order valence-corrected chi connectivity index (χ0v) is 12.2. The SMILES string of the molecule is COc1ccc(C(=O)NCCCc2nnc3ccccn23)o1. The van der Waals surface area contributed by atoms with Crippen molar-refractivity contribution in [1.29, 1.82) is 0 Å². The predicted molar refractivity (Wildman–Crippen MR) is 78.9 cm³/mol. The summed E-state index contributed by atoms with van der Waals surface area (Å²) in [5.41, 5.74) is 0.823. The first-order chi connectivity index (χ1) is 10.8.